The number of nitrogens with zero attached hydrogens (tertiary/aromatic N) is 3. The Bertz CT molecular complexity index is 669. The van der Waals surface area contributed by atoms with Gasteiger partial charge in [-0.2, -0.15) is 10.1 Å². The number of hydrogen-bond donors (Lipinski definition) is 1. The van der Waals surface area contributed by atoms with E-state index in [1.807, 2.05) is 0 Å². The molecular formula is C17H22N4. The van der Waals surface area contributed by atoms with Crippen molar-refractivity contribution >= 4 is 5.95 Å². The SMILES string of the molecule is Cc1ccc(C)c(C2CCNc3nc(C4CCC4)nn32)c1. The van der Waals surface area contributed by atoms with Crippen LogP contribution in [0, 0.1) is 13.8 Å². The summed E-state index contributed by atoms with van der Waals surface area (Å²) in [6.07, 6.45) is 4.89. The largest absolute Gasteiger partial charge is 0.354 e. The molecule has 4 rings (SSSR count). The maximum atomic E-state index is 4.84. The topological polar surface area (TPSA) is 42.7 Å². The van der Waals surface area contributed by atoms with Crippen molar-refractivity contribution in [1.29, 1.82) is 0 Å². The van der Waals surface area contributed by atoms with E-state index >= 15 is 0 Å². The van der Waals surface area contributed by atoms with Gasteiger partial charge in [-0.05, 0) is 44.2 Å². The van der Waals surface area contributed by atoms with Gasteiger partial charge in [-0.1, -0.05) is 30.2 Å². The summed E-state index contributed by atoms with van der Waals surface area (Å²) in [6.45, 7) is 5.33. The van der Waals surface area contributed by atoms with Gasteiger partial charge in [0.05, 0.1) is 6.04 Å². The molecule has 2 aliphatic rings. The number of rotatable bonds is 2. The molecule has 1 unspecified atom stereocenters. The smallest absolute Gasteiger partial charge is 0.221 e. The molecule has 2 aromatic rings. The van der Waals surface area contributed by atoms with Crippen LogP contribution >= 0.6 is 0 Å². The maximum absolute atomic E-state index is 4.84. The average molecular weight is 282 g/mol. The van der Waals surface area contributed by atoms with Crippen molar-refractivity contribution in [3.8, 4) is 0 Å². The number of fused-ring (bicyclic) bond motifs is 1. The van der Waals surface area contributed by atoms with Gasteiger partial charge in [0.15, 0.2) is 5.82 Å². The third-order valence-corrected chi connectivity index (χ3v) is 4.91. The van der Waals surface area contributed by atoms with E-state index in [-0.39, 0.29) is 0 Å². The molecule has 2 heterocycles. The second-order valence-electron chi connectivity index (χ2n) is 6.46. The molecule has 1 aromatic heterocycles. The molecule has 1 aliphatic heterocycles. The second-order valence-corrected chi connectivity index (χ2v) is 6.46. The van der Waals surface area contributed by atoms with Crippen LogP contribution in [0.3, 0.4) is 0 Å². The quantitative estimate of drug-likeness (QED) is 0.915. The predicted molar refractivity (Wildman–Crippen MR) is 83.8 cm³/mol. The molecule has 4 nitrogen and oxygen atoms in total. The van der Waals surface area contributed by atoms with Gasteiger partial charge in [0.1, 0.15) is 0 Å². The zero-order valence-electron chi connectivity index (χ0n) is 12.8. The Morgan fingerprint density at radius 3 is 2.81 bits per heavy atom. The Labute approximate surface area is 125 Å². The summed E-state index contributed by atoms with van der Waals surface area (Å²) in [4.78, 5) is 4.74. The first kappa shape index (κ1) is 12.9. The minimum Gasteiger partial charge on any atom is -0.354 e. The fraction of sp³-hybridized carbons (Fsp3) is 0.529. The third-order valence-electron chi connectivity index (χ3n) is 4.91. The summed E-state index contributed by atoms with van der Waals surface area (Å²) in [5.41, 5.74) is 4.05. The van der Waals surface area contributed by atoms with Crippen LogP contribution in [0.5, 0.6) is 0 Å². The molecule has 1 aromatic carbocycles. The van der Waals surface area contributed by atoms with Crippen LogP contribution < -0.4 is 5.32 Å². The van der Waals surface area contributed by atoms with Gasteiger partial charge in [-0.25, -0.2) is 4.68 Å². The molecule has 1 fully saturated rings. The van der Waals surface area contributed by atoms with Crippen LogP contribution in [0.15, 0.2) is 18.2 Å². The lowest BCUT2D eigenvalue weighted by Crippen LogP contribution is -2.25. The molecule has 0 radical (unpaired) electrons. The summed E-state index contributed by atoms with van der Waals surface area (Å²) >= 11 is 0. The minimum atomic E-state index is 0.322. The van der Waals surface area contributed by atoms with Crippen molar-refractivity contribution in [2.45, 2.75) is 51.5 Å². The van der Waals surface area contributed by atoms with E-state index in [4.69, 9.17) is 10.1 Å². The number of aromatic nitrogens is 3. The number of nitrogens with one attached hydrogen (secondary N) is 1. The molecule has 1 N–H and O–H groups in total. The lowest BCUT2D eigenvalue weighted by Gasteiger charge is -2.26. The van der Waals surface area contributed by atoms with E-state index in [0.29, 0.717) is 12.0 Å². The molecule has 110 valence electrons. The second kappa shape index (κ2) is 4.86. The van der Waals surface area contributed by atoms with Gasteiger partial charge in [0, 0.05) is 12.5 Å². The lowest BCUT2D eigenvalue weighted by atomic mass is 9.85. The molecule has 0 spiro atoms. The van der Waals surface area contributed by atoms with E-state index < -0.39 is 0 Å². The molecule has 1 atom stereocenters. The van der Waals surface area contributed by atoms with Gasteiger partial charge in [0.25, 0.3) is 0 Å². The van der Waals surface area contributed by atoms with Gasteiger partial charge in [-0.3, -0.25) is 0 Å². The molecule has 21 heavy (non-hydrogen) atoms. The molecule has 0 bridgehead atoms. The zero-order valence-corrected chi connectivity index (χ0v) is 12.8. The van der Waals surface area contributed by atoms with E-state index in [9.17, 15) is 0 Å². The maximum Gasteiger partial charge on any atom is 0.221 e. The Hall–Kier alpha value is -1.84. The third kappa shape index (κ3) is 2.13. The molecule has 0 amide bonds. The molecule has 1 saturated carbocycles. The highest BCUT2D eigenvalue weighted by atomic mass is 15.4. The standard InChI is InChI=1S/C17H22N4/c1-11-6-7-12(2)14(10-11)15-8-9-18-17-19-16(20-21(15)17)13-4-3-5-13/h6-7,10,13,15H,3-5,8-9H2,1-2H3,(H,18,19,20). The lowest BCUT2D eigenvalue weighted by molar-refractivity contribution is 0.393. The van der Waals surface area contributed by atoms with E-state index in [1.54, 1.807) is 0 Å². The van der Waals surface area contributed by atoms with Crippen molar-refractivity contribution in [3.05, 3.63) is 40.7 Å². The molecule has 0 saturated heterocycles. The Kier molecular flexibility index (Phi) is 2.98. The van der Waals surface area contributed by atoms with Crippen LogP contribution in [-0.2, 0) is 0 Å². The predicted octanol–water partition coefficient (Wildman–Crippen LogP) is 3.57. The summed E-state index contributed by atoms with van der Waals surface area (Å²) in [6, 6.07) is 7.03. The van der Waals surface area contributed by atoms with E-state index in [0.717, 1.165) is 24.7 Å². The highest BCUT2D eigenvalue weighted by Gasteiger charge is 2.30. The van der Waals surface area contributed by atoms with Gasteiger partial charge < -0.3 is 5.32 Å². The van der Waals surface area contributed by atoms with Crippen LogP contribution in [0.1, 0.15) is 60.2 Å². The first-order chi connectivity index (χ1) is 10.2. The number of aryl methyl sites for hydroxylation is 2. The van der Waals surface area contributed by atoms with Crippen LogP contribution in [0.2, 0.25) is 0 Å². The van der Waals surface area contributed by atoms with Crippen molar-refractivity contribution in [2.24, 2.45) is 0 Å². The van der Waals surface area contributed by atoms with E-state index in [1.165, 1.54) is 36.0 Å². The van der Waals surface area contributed by atoms with Gasteiger partial charge in [0.2, 0.25) is 5.95 Å². The normalized spacial score (nSPS) is 21.5. The van der Waals surface area contributed by atoms with Crippen LogP contribution in [-0.4, -0.2) is 21.3 Å². The Morgan fingerprint density at radius 1 is 1.19 bits per heavy atom. The number of anilines is 1. The molecular weight excluding hydrogens is 260 g/mol. The Balaban J connectivity index is 1.75. The molecule has 4 heteroatoms. The zero-order chi connectivity index (χ0) is 14.4. The van der Waals surface area contributed by atoms with E-state index in [2.05, 4.69) is 42.0 Å². The summed E-state index contributed by atoms with van der Waals surface area (Å²) < 4.78 is 2.12. The van der Waals surface area contributed by atoms with Gasteiger partial charge in [-0.15, -0.1) is 0 Å². The van der Waals surface area contributed by atoms with Crippen molar-refractivity contribution in [1.82, 2.24) is 14.8 Å². The molecule has 1 aliphatic carbocycles. The number of benzene rings is 1. The summed E-state index contributed by atoms with van der Waals surface area (Å²) in [5, 5.41) is 8.25. The Morgan fingerprint density at radius 2 is 2.05 bits per heavy atom. The number of hydrogen-bond acceptors (Lipinski definition) is 3. The van der Waals surface area contributed by atoms with Gasteiger partial charge >= 0.3 is 0 Å². The highest BCUT2D eigenvalue weighted by molar-refractivity contribution is 5.38. The first-order valence-electron chi connectivity index (χ1n) is 8.00. The van der Waals surface area contributed by atoms with Crippen LogP contribution in [0.4, 0.5) is 5.95 Å². The average Bonchev–Trinajstić information content (AvgIpc) is 2.82. The fourth-order valence-electron chi connectivity index (χ4n) is 3.37. The highest BCUT2D eigenvalue weighted by Crippen LogP contribution is 2.37. The van der Waals surface area contributed by atoms with Crippen LogP contribution in [0.25, 0.3) is 0 Å². The first-order valence-corrected chi connectivity index (χ1v) is 8.00. The summed E-state index contributed by atoms with van der Waals surface area (Å²) in [5.74, 6) is 2.58. The monoisotopic (exact) mass is 282 g/mol. The fourth-order valence-corrected chi connectivity index (χ4v) is 3.37. The van der Waals surface area contributed by atoms with Crippen molar-refractivity contribution in [3.63, 3.8) is 0 Å². The van der Waals surface area contributed by atoms with Crippen molar-refractivity contribution < 1.29 is 0 Å². The summed E-state index contributed by atoms with van der Waals surface area (Å²) in [7, 11) is 0. The van der Waals surface area contributed by atoms with Crippen molar-refractivity contribution in [2.75, 3.05) is 11.9 Å². The minimum absolute atomic E-state index is 0.322.